The highest BCUT2D eigenvalue weighted by molar-refractivity contribution is 5.74. The van der Waals surface area contributed by atoms with Crippen molar-refractivity contribution in [2.75, 3.05) is 18.6 Å². The number of hydrogen-bond donors (Lipinski definition) is 2. The maximum Gasteiger partial charge on any atom is 0.347 e. The lowest BCUT2D eigenvalue weighted by Gasteiger charge is -2.13. The lowest BCUT2D eigenvalue weighted by atomic mass is 9.98. The second-order valence-corrected chi connectivity index (χ2v) is 6.03. The number of hydrogen-bond acceptors (Lipinski definition) is 5. The molecular weight excluding hydrogens is 292 g/mol. The van der Waals surface area contributed by atoms with Crippen molar-refractivity contribution in [3.05, 3.63) is 48.5 Å². The Kier molecular flexibility index (Phi) is 6.60. The van der Waals surface area contributed by atoms with Crippen molar-refractivity contribution in [2.45, 2.75) is 20.8 Å². The highest BCUT2D eigenvalue weighted by Crippen LogP contribution is 2.21. The van der Waals surface area contributed by atoms with Gasteiger partial charge in [0.2, 0.25) is 0 Å². The van der Waals surface area contributed by atoms with E-state index >= 15 is 0 Å². The van der Waals surface area contributed by atoms with E-state index in [1.54, 1.807) is 20.8 Å². The van der Waals surface area contributed by atoms with Crippen LogP contribution in [0.1, 0.15) is 20.8 Å². The quantitative estimate of drug-likeness (QED) is 0.501. The van der Waals surface area contributed by atoms with Crippen LogP contribution in [0, 0.1) is 5.41 Å². The van der Waals surface area contributed by atoms with Crippen LogP contribution >= 0.6 is 0 Å². The molecule has 5 heteroatoms. The molecule has 0 saturated carbocycles. The predicted molar refractivity (Wildman–Crippen MR) is 93.3 cm³/mol. The Morgan fingerprint density at radius 2 is 1.17 bits per heavy atom. The minimum absolute atomic E-state index is 0.356. The van der Waals surface area contributed by atoms with Crippen LogP contribution in [0.15, 0.2) is 48.5 Å². The van der Waals surface area contributed by atoms with Gasteiger partial charge in [0.1, 0.15) is 0 Å². The second kappa shape index (κ2) is 8.19. The van der Waals surface area contributed by atoms with E-state index in [4.69, 9.17) is 11.5 Å². The smallest absolute Gasteiger partial charge is 0.347 e. The molecule has 0 fully saturated rings. The summed E-state index contributed by atoms with van der Waals surface area (Å²) < 4.78 is 0. The van der Waals surface area contributed by atoms with Gasteiger partial charge in [0.15, 0.2) is 0 Å². The molecule has 23 heavy (non-hydrogen) atoms. The average Bonchev–Trinajstić information content (AvgIpc) is 2.49. The Hall–Kier alpha value is -2.53. The van der Waals surface area contributed by atoms with Gasteiger partial charge in [-0.25, -0.2) is 4.79 Å². The van der Waals surface area contributed by atoms with E-state index in [-0.39, 0.29) is 5.97 Å². The van der Waals surface area contributed by atoms with E-state index in [0.717, 1.165) is 22.5 Å². The summed E-state index contributed by atoms with van der Waals surface area (Å²) in [6.07, 6.45) is 0. The van der Waals surface area contributed by atoms with Gasteiger partial charge >= 0.3 is 5.97 Å². The van der Waals surface area contributed by atoms with Gasteiger partial charge in [-0.2, -0.15) is 4.89 Å². The molecule has 0 aliphatic heterocycles. The maximum absolute atomic E-state index is 10.7. The summed E-state index contributed by atoms with van der Waals surface area (Å²) in [7, 11) is 1.31. The molecular formula is C18H24N2O3. The Labute approximate surface area is 137 Å². The molecule has 2 rings (SSSR count). The van der Waals surface area contributed by atoms with Crippen molar-refractivity contribution in [1.29, 1.82) is 0 Å². The van der Waals surface area contributed by atoms with Crippen LogP contribution < -0.4 is 11.5 Å². The first-order valence-electron chi connectivity index (χ1n) is 7.20. The normalized spacial score (nSPS) is 10.4. The van der Waals surface area contributed by atoms with Crippen molar-refractivity contribution < 1.29 is 14.6 Å². The van der Waals surface area contributed by atoms with Gasteiger partial charge in [0, 0.05) is 11.4 Å². The number of carbonyl (C=O) groups is 1. The van der Waals surface area contributed by atoms with E-state index in [0.29, 0.717) is 0 Å². The van der Waals surface area contributed by atoms with Crippen LogP contribution in [0.25, 0.3) is 11.1 Å². The Balaban J connectivity index is 0.000000257. The van der Waals surface area contributed by atoms with Gasteiger partial charge in [0.25, 0.3) is 0 Å². The molecule has 4 N–H and O–H groups in total. The number of carbonyl (C=O) groups excluding carboxylic acids is 1. The molecule has 2 aromatic rings. The standard InChI is InChI=1S/C12H12N2.C6H12O3/c13-11-5-1-9(2-6-11)10-3-7-12(14)8-4-10;1-6(2,3)5(7)9-8-4/h1-8H,13-14H2;1-4H3. The first kappa shape index (κ1) is 18.5. The Bertz CT molecular complexity index is 571. The summed E-state index contributed by atoms with van der Waals surface area (Å²) in [5.41, 5.74) is 14.6. The summed E-state index contributed by atoms with van der Waals surface area (Å²) in [6, 6.07) is 15.6. The highest BCUT2D eigenvalue weighted by Gasteiger charge is 2.23. The van der Waals surface area contributed by atoms with E-state index in [2.05, 4.69) is 9.78 Å². The molecule has 0 bridgehead atoms. The van der Waals surface area contributed by atoms with E-state index in [1.807, 2.05) is 48.5 Å². The molecule has 124 valence electrons. The summed E-state index contributed by atoms with van der Waals surface area (Å²) in [5.74, 6) is -0.356. The lowest BCUT2D eigenvalue weighted by Crippen LogP contribution is -2.22. The molecule has 0 atom stereocenters. The van der Waals surface area contributed by atoms with Gasteiger partial charge in [-0.15, -0.1) is 0 Å². The fourth-order valence-corrected chi connectivity index (χ4v) is 1.55. The number of benzene rings is 2. The molecule has 0 aliphatic rings. The van der Waals surface area contributed by atoms with E-state index in [1.165, 1.54) is 7.11 Å². The third-order valence-electron chi connectivity index (χ3n) is 2.93. The summed E-state index contributed by atoms with van der Waals surface area (Å²) in [4.78, 5) is 19.2. The fourth-order valence-electron chi connectivity index (χ4n) is 1.55. The maximum atomic E-state index is 10.7. The molecule has 0 unspecified atom stereocenters. The fraction of sp³-hybridized carbons (Fsp3) is 0.278. The van der Waals surface area contributed by atoms with Crippen LogP contribution in [0.5, 0.6) is 0 Å². The molecule has 0 radical (unpaired) electrons. The summed E-state index contributed by atoms with van der Waals surface area (Å²) in [5, 5.41) is 0. The number of rotatable bonds is 2. The van der Waals surface area contributed by atoms with Gasteiger partial charge in [-0.1, -0.05) is 24.3 Å². The van der Waals surface area contributed by atoms with Crippen molar-refractivity contribution in [1.82, 2.24) is 0 Å². The topological polar surface area (TPSA) is 87.6 Å². The largest absolute Gasteiger partial charge is 0.399 e. The van der Waals surface area contributed by atoms with Crippen molar-refractivity contribution in [3.8, 4) is 11.1 Å². The summed E-state index contributed by atoms with van der Waals surface area (Å²) >= 11 is 0. The van der Waals surface area contributed by atoms with Gasteiger partial charge in [0.05, 0.1) is 12.5 Å². The third-order valence-corrected chi connectivity index (χ3v) is 2.93. The molecule has 0 spiro atoms. The van der Waals surface area contributed by atoms with Crippen LogP contribution in [0.2, 0.25) is 0 Å². The van der Waals surface area contributed by atoms with E-state index < -0.39 is 5.41 Å². The molecule has 0 aliphatic carbocycles. The van der Waals surface area contributed by atoms with Crippen molar-refractivity contribution in [3.63, 3.8) is 0 Å². The number of nitrogens with two attached hydrogens (primary N) is 2. The molecule has 0 aromatic heterocycles. The highest BCUT2D eigenvalue weighted by atomic mass is 17.2. The van der Waals surface area contributed by atoms with Gasteiger partial charge < -0.3 is 11.5 Å². The molecule has 0 amide bonds. The molecule has 5 nitrogen and oxygen atoms in total. The SMILES string of the molecule is COOC(=O)C(C)(C)C.Nc1ccc(-c2ccc(N)cc2)cc1. The van der Waals surface area contributed by atoms with Crippen LogP contribution in [-0.4, -0.2) is 13.1 Å². The zero-order valence-corrected chi connectivity index (χ0v) is 14.0. The minimum Gasteiger partial charge on any atom is -0.399 e. The third kappa shape index (κ3) is 6.40. The second-order valence-electron chi connectivity index (χ2n) is 6.03. The van der Waals surface area contributed by atoms with Crippen LogP contribution in [0.4, 0.5) is 11.4 Å². The molecule has 0 saturated heterocycles. The van der Waals surface area contributed by atoms with Gasteiger partial charge in [-0.3, -0.25) is 4.89 Å². The first-order chi connectivity index (χ1) is 10.7. The van der Waals surface area contributed by atoms with E-state index in [9.17, 15) is 4.79 Å². The molecule has 2 aromatic carbocycles. The molecule has 0 heterocycles. The zero-order valence-electron chi connectivity index (χ0n) is 14.0. The minimum atomic E-state index is -0.476. The van der Waals surface area contributed by atoms with Crippen molar-refractivity contribution >= 4 is 17.3 Å². The lowest BCUT2D eigenvalue weighted by molar-refractivity contribution is -0.262. The van der Waals surface area contributed by atoms with Crippen molar-refractivity contribution in [2.24, 2.45) is 5.41 Å². The Morgan fingerprint density at radius 1 is 0.826 bits per heavy atom. The zero-order chi connectivity index (χ0) is 17.5. The van der Waals surface area contributed by atoms with Crippen LogP contribution in [-0.2, 0) is 14.6 Å². The number of nitrogen functional groups attached to an aromatic ring is 2. The predicted octanol–water partition coefficient (Wildman–Crippen LogP) is 3.66. The van der Waals surface area contributed by atoms with Crippen LogP contribution in [0.3, 0.4) is 0 Å². The summed E-state index contributed by atoms with van der Waals surface area (Å²) in [6.45, 7) is 5.27. The Morgan fingerprint density at radius 3 is 1.39 bits per heavy atom. The first-order valence-corrected chi connectivity index (χ1v) is 7.20. The monoisotopic (exact) mass is 316 g/mol. The number of anilines is 2. The average molecular weight is 316 g/mol. The van der Waals surface area contributed by atoms with Gasteiger partial charge in [-0.05, 0) is 56.2 Å².